The van der Waals surface area contributed by atoms with E-state index in [-0.39, 0.29) is 11.2 Å². The summed E-state index contributed by atoms with van der Waals surface area (Å²) in [5, 5.41) is 9.49. The number of rotatable bonds is 4. The molecule has 0 N–H and O–H groups in total. The highest BCUT2D eigenvalue weighted by Gasteiger charge is 2.14. The van der Waals surface area contributed by atoms with Gasteiger partial charge in [0, 0.05) is 10.9 Å². The predicted octanol–water partition coefficient (Wildman–Crippen LogP) is 7.42. The van der Waals surface area contributed by atoms with E-state index in [0.717, 1.165) is 35.1 Å². The number of halogens is 3. The molecule has 0 atom stereocenters. The number of hydrogen-bond donors (Lipinski definition) is 0. The minimum Gasteiger partial charge on any atom is -0.206 e. The fraction of sp³-hybridized carbons (Fsp3) is 0.115. The second kappa shape index (κ2) is 8.04. The molecule has 0 saturated heterocycles. The molecule has 0 aliphatic rings. The first kappa shape index (κ1) is 19.7. The fourth-order valence-corrected chi connectivity index (χ4v) is 3.69. The van der Waals surface area contributed by atoms with Crippen molar-refractivity contribution < 1.29 is 13.2 Å². The summed E-state index contributed by atoms with van der Waals surface area (Å²) in [5.41, 5.74) is 3.31. The lowest BCUT2D eigenvalue weighted by Gasteiger charge is -2.09. The Morgan fingerprint density at radius 1 is 0.767 bits per heavy atom. The molecule has 4 heteroatoms. The molecule has 0 fully saturated rings. The SMILES string of the molecule is CCCc1ccc(-c2ccc(-c3ccc4c(F)c(C#N)c(F)cc4c3)cc2)c(F)c1. The topological polar surface area (TPSA) is 23.8 Å². The van der Waals surface area contributed by atoms with Gasteiger partial charge in [-0.3, -0.25) is 0 Å². The van der Waals surface area contributed by atoms with Gasteiger partial charge in [-0.25, -0.2) is 13.2 Å². The number of hydrogen-bond acceptors (Lipinski definition) is 1. The summed E-state index contributed by atoms with van der Waals surface area (Å²) in [4.78, 5) is 0. The highest BCUT2D eigenvalue weighted by molar-refractivity contribution is 5.89. The lowest BCUT2D eigenvalue weighted by Crippen LogP contribution is -1.92. The van der Waals surface area contributed by atoms with Gasteiger partial charge in [0.25, 0.3) is 0 Å². The Bertz CT molecular complexity index is 1280. The maximum atomic E-state index is 14.5. The molecule has 0 aromatic heterocycles. The van der Waals surface area contributed by atoms with Crippen LogP contribution in [0, 0.1) is 28.8 Å². The summed E-state index contributed by atoms with van der Waals surface area (Å²) < 4.78 is 42.8. The summed E-state index contributed by atoms with van der Waals surface area (Å²) in [6, 6.07) is 20.4. The Hall–Kier alpha value is -3.58. The Morgan fingerprint density at radius 2 is 1.47 bits per heavy atom. The first-order valence-electron chi connectivity index (χ1n) is 9.73. The summed E-state index contributed by atoms with van der Waals surface area (Å²) in [6.07, 6.45) is 1.81. The van der Waals surface area contributed by atoms with Crippen LogP contribution in [0.5, 0.6) is 0 Å². The van der Waals surface area contributed by atoms with E-state index in [9.17, 15) is 13.2 Å². The van der Waals surface area contributed by atoms with E-state index in [0.29, 0.717) is 10.9 Å². The summed E-state index contributed by atoms with van der Waals surface area (Å²) in [5.74, 6) is -1.98. The highest BCUT2D eigenvalue weighted by atomic mass is 19.1. The number of benzene rings is 4. The molecule has 4 aromatic carbocycles. The molecule has 0 amide bonds. The van der Waals surface area contributed by atoms with Crippen LogP contribution in [0.25, 0.3) is 33.0 Å². The fourth-order valence-electron chi connectivity index (χ4n) is 3.69. The highest BCUT2D eigenvalue weighted by Crippen LogP contribution is 2.31. The van der Waals surface area contributed by atoms with Gasteiger partial charge in [0.05, 0.1) is 0 Å². The van der Waals surface area contributed by atoms with Gasteiger partial charge < -0.3 is 0 Å². The number of aryl methyl sites for hydroxylation is 1. The van der Waals surface area contributed by atoms with Crippen molar-refractivity contribution in [1.82, 2.24) is 0 Å². The molecule has 4 aromatic rings. The van der Waals surface area contributed by atoms with Gasteiger partial charge in [0.15, 0.2) is 5.82 Å². The molecule has 0 saturated carbocycles. The van der Waals surface area contributed by atoms with E-state index < -0.39 is 17.2 Å². The third-order valence-corrected chi connectivity index (χ3v) is 5.24. The Labute approximate surface area is 173 Å². The van der Waals surface area contributed by atoms with Gasteiger partial charge in [-0.05, 0) is 52.3 Å². The van der Waals surface area contributed by atoms with Crippen LogP contribution in [-0.4, -0.2) is 0 Å². The van der Waals surface area contributed by atoms with Crippen molar-refractivity contribution in [2.75, 3.05) is 0 Å². The van der Waals surface area contributed by atoms with Crippen molar-refractivity contribution in [3.8, 4) is 28.3 Å². The average molecular weight is 401 g/mol. The van der Waals surface area contributed by atoms with Crippen molar-refractivity contribution in [1.29, 1.82) is 5.26 Å². The largest absolute Gasteiger partial charge is 0.206 e. The summed E-state index contributed by atoms with van der Waals surface area (Å²) in [6.45, 7) is 2.06. The van der Waals surface area contributed by atoms with Crippen molar-refractivity contribution >= 4 is 10.8 Å². The van der Waals surface area contributed by atoms with Crippen LogP contribution in [0.2, 0.25) is 0 Å². The van der Waals surface area contributed by atoms with Gasteiger partial charge in [0.2, 0.25) is 0 Å². The molecule has 0 spiro atoms. The minimum absolute atomic E-state index is 0.197. The van der Waals surface area contributed by atoms with Crippen LogP contribution in [-0.2, 0) is 6.42 Å². The Balaban J connectivity index is 1.69. The molecule has 0 aliphatic carbocycles. The zero-order valence-electron chi connectivity index (χ0n) is 16.3. The maximum absolute atomic E-state index is 14.5. The third kappa shape index (κ3) is 3.55. The molecule has 30 heavy (non-hydrogen) atoms. The lowest BCUT2D eigenvalue weighted by molar-refractivity contribution is 0.585. The van der Waals surface area contributed by atoms with Crippen molar-refractivity contribution in [2.45, 2.75) is 19.8 Å². The van der Waals surface area contributed by atoms with Crippen molar-refractivity contribution in [2.24, 2.45) is 0 Å². The van der Waals surface area contributed by atoms with Crippen LogP contribution in [0.15, 0.2) is 66.7 Å². The van der Waals surface area contributed by atoms with Gasteiger partial charge in [-0.1, -0.05) is 61.9 Å². The predicted molar refractivity (Wildman–Crippen MR) is 113 cm³/mol. The Kier molecular flexibility index (Phi) is 5.29. The summed E-state index contributed by atoms with van der Waals surface area (Å²) >= 11 is 0. The molecule has 4 rings (SSSR count). The van der Waals surface area contributed by atoms with Crippen LogP contribution < -0.4 is 0 Å². The molecule has 0 aliphatic heterocycles. The first-order valence-corrected chi connectivity index (χ1v) is 9.73. The molecule has 1 nitrogen and oxygen atoms in total. The molecular weight excluding hydrogens is 383 g/mol. The van der Waals surface area contributed by atoms with E-state index in [2.05, 4.69) is 6.92 Å². The molecule has 0 unspecified atom stereocenters. The monoisotopic (exact) mass is 401 g/mol. The van der Waals surface area contributed by atoms with E-state index >= 15 is 0 Å². The second-order valence-corrected chi connectivity index (χ2v) is 7.24. The van der Waals surface area contributed by atoms with Crippen molar-refractivity contribution in [3.63, 3.8) is 0 Å². The standard InChI is InChI=1S/C26H18F3N/c1-2-3-16-4-10-21(24(27)12-16)18-7-5-17(6-8-18)19-9-11-22-20(13-19)14-25(28)23(15-30)26(22)29/h4-14H,2-3H2,1H3. The van der Waals surface area contributed by atoms with Gasteiger partial charge >= 0.3 is 0 Å². The molecule has 0 heterocycles. The van der Waals surface area contributed by atoms with Crippen LogP contribution in [0.1, 0.15) is 24.5 Å². The zero-order valence-corrected chi connectivity index (χ0v) is 16.3. The van der Waals surface area contributed by atoms with Gasteiger partial charge in [-0.15, -0.1) is 0 Å². The summed E-state index contributed by atoms with van der Waals surface area (Å²) in [7, 11) is 0. The Morgan fingerprint density at radius 3 is 2.13 bits per heavy atom. The van der Waals surface area contributed by atoms with Crippen molar-refractivity contribution in [3.05, 3.63) is 95.3 Å². The van der Waals surface area contributed by atoms with E-state index in [1.807, 2.05) is 30.3 Å². The number of nitrogens with zero attached hydrogens (tertiary/aromatic N) is 1. The molecule has 0 bridgehead atoms. The van der Waals surface area contributed by atoms with Gasteiger partial charge in [0.1, 0.15) is 23.3 Å². The van der Waals surface area contributed by atoms with Crippen LogP contribution in [0.4, 0.5) is 13.2 Å². The molecule has 148 valence electrons. The van der Waals surface area contributed by atoms with E-state index in [4.69, 9.17) is 5.26 Å². The normalized spacial score (nSPS) is 10.9. The van der Waals surface area contributed by atoms with Gasteiger partial charge in [-0.2, -0.15) is 5.26 Å². The smallest absolute Gasteiger partial charge is 0.151 e. The third-order valence-electron chi connectivity index (χ3n) is 5.24. The number of nitriles is 1. The molecular formula is C26H18F3N. The minimum atomic E-state index is -0.878. The second-order valence-electron chi connectivity index (χ2n) is 7.24. The zero-order chi connectivity index (χ0) is 21.3. The van der Waals surface area contributed by atoms with E-state index in [1.54, 1.807) is 36.4 Å². The maximum Gasteiger partial charge on any atom is 0.151 e. The van der Waals surface area contributed by atoms with Crippen LogP contribution in [0.3, 0.4) is 0 Å². The van der Waals surface area contributed by atoms with E-state index in [1.165, 1.54) is 6.07 Å². The lowest BCUT2D eigenvalue weighted by atomic mass is 9.96. The number of fused-ring (bicyclic) bond motifs is 1. The average Bonchev–Trinajstić information content (AvgIpc) is 2.74. The first-order chi connectivity index (χ1) is 14.5. The quantitative estimate of drug-likeness (QED) is 0.349. The molecule has 0 radical (unpaired) electrons. The van der Waals surface area contributed by atoms with Crippen LogP contribution >= 0.6 is 0 Å².